The number of hydrogen-bond acceptors (Lipinski definition) is 2. The minimum Gasteiger partial charge on any atom is -0.480 e. The molecular formula is C3H8AlNO2. The molecule has 1 unspecified atom stereocenters. The Morgan fingerprint density at radius 2 is 2.43 bits per heavy atom. The highest BCUT2D eigenvalue weighted by atomic mass is 27.0. The van der Waals surface area contributed by atoms with Crippen LogP contribution < -0.4 is 5.73 Å². The van der Waals surface area contributed by atoms with Crippen LogP contribution in [0.25, 0.3) is 0 Å². The first-order chi connectivity index (χ1) is 3.18. The molecule has 0 spiro atoms. The van der Waals surface area contributed by atoms with Crippen LogP contribution in [0.3, 0.4) is 0 Å². The van der Waals surface area contributed by atoms with Gasteiger partial charge in [-0.1, -0.05) is 5.28 Å². The van der Waals surface area contributed by atoms with Crippen LogP contribution in [0.4, 0.5) is 0 Å². The zero-order valence-corrected chi connectivity index (χ0v) is 6.22. The molecule has 1 atom stereocenters. The predicted octanol–water partition coefficient (Wildman–Crippen LogP) is -1.55. The van der Waals surface area contributed by atoms with Crippen LogP contribution in [0.15, 0.2) is 0 Å². The smallest absolute Gasteiger partial charge is 0.319 e. The quantitative estimate of drug-likeness (QED) is 0.430. The summed E-state index contributed by atoms with van der Waals surface area (Å²) in [5.74, 6) is -0.894. The van der Waals surface area contributed by atoms with E-state index in [1.807, 2.05) is 0 Å². The normalized spacial score (nSPS) is 13.3. The molecule has 0 aromatic rings. The van der Waals surface area contributed by atoms with E-state index in [9.17, 15) is 4.79 Å². The van der Waals surface area contributed by atoms with E-state index in [-0.39, 0.29) is 0 Å². The first kappa shape index (κ1) is 6.96. The van der Waals surface area contributed by atoms with Gasteiger partial charge in [-0.25, -0.2) is 0 Å². The standard InChI is InChI=1S/C3H6NO2.Al.2H/c1-2(4)3(5)6;;;/h2H,1,4H2,(H,5,6);;;. The predicted molar refractivity (Wildman–Crippen MR) is 29.0 cm³/mol. The number of aliphatic carboxylic acids is 1. The zero-order chi connectivity index (χ0) is 5.86. The monoisotopic (exact) mass is 117 g/mol. The van der Waals surface area contributed by atoms with Gasteiger partial charge < -0.3 is 10.8 Å². The zero-order valence-electron chi connectivity index (χ0n) is 4.22. The van der Waals surface area contributed by atoms with Gasteiger partial charge >= 0.3 is 5.97 Å². The van der Waals surface area contributed by atoms with Gasteiger partial charge in [-0.05, 0) is 0 Å². The molecule has 0 aromatic carbocycles. The summed E-state index contributed by atoms with van der Waals surface area (Å²) in [5.41, 5.74) is 5.05. The van der Waals surface area contributed by atoms with Crippen molar-refractivity contribution >= 4 is 22.3 Å². The Hall–Kier alpha value is -0.0375. The molecule has 0 saturated carbocycles. The maximum atomic E-state index is 9.83. The number of carboxylic acid groups (broad SMARTS) is 1. The molecular weight excluding hydrogens is 109 g/mol. The van der Waals surface area contributed by atoms with Crippen molar-refractivity contribution in [2.24, 2.45) is 5.73 Å². The Morgan fingerprint density at radius 1 is 2.00 bits per heavy atom. The van der Waals surface area contributed by atoms with Gasteiger partial charge in [-0.15, -0.1) is 0 Å². The number of carboxylic acids is 1. The molecule has 0 bridgehead atoms. The van der Waals surface area contributed by atoms with Crippen LogP contribution in [0, 0.1) is 0 Å². The summed E-state index contributed by atoms with van der Waals surface area (Å²) < 4.78 is 0. The van der Waals surface area contributed by atoms with E-state index in [0.717, 1.165) is 16.3 Å². The van der Waals surface area contributed by atoms with Gasteiger partial charge in [0.25, 0.3) is 0 Å². The topological polar surface area (TPSA) is 63.3 Å². The van der Waals surface area contributed by atoms with E-state index < -0.39 is 12.0 Å². The van der Waals surface area contributed by atoms with Gasteiger partial charge in [0.1, 0.15) is 0 Å². The SMILES string of the molecule is NC([CH2][AlH2])C(=O)O. The Bertz CT molecular complexity index is 75.3. The molecule has 3 N–H and O–H groups in total. The summed E-state index contributed by atoms with van der Waals surface area (Å²) in [7, 11) is 0. The third kappa shape index (κ3) is 2.63. The summed E-state index contributed by atoms with van der Waals surface area (Å²) in [6.45, 7) is 0. The van der Waals surface area contributed by atoms with Gasteiger partial charge in [-0.3, -0.25) is 4.79 Å². The second-order valence-corrected chi connectivity index (χ2v) is 2.17. The molecule has 0 aliphatic rings. The molecule has 0 amide bonds. The number of rotatable bonds is 2. The molecule has 0 saturated heterocycles. The van der Waals surface area contributed by atoms with Gasteiger partial charge in [0, 0.05) is 0 Å². The minimum absolute atomic E-state index is 0.619. The maximum Gasteiger partial charge on any atom is 0.319 e. The lowest BCUT2D eigenvalue weighted by atomic mass is 10.4. The Balaban J connectivity index is 3.34. The van der Waals surface area contributed by atoms with Crippen LogP contribution in [-0.2, 0) is 4.79 Å². The van der Waals surface area contributed by atoms with Crippen molar-refractivity contribution in [1.29, 1.82) is 0 Å². The lowest BCUT2D eigenvalue weighted by Crippen LogP contribution is -2.29. The van der Waals surface area contributed by atoms with Crippen LogP contribution in [0.5, 0.6) is 0 Å². The highest BCUT2D eigenvalue weighted by Gasteiger charge is 2.05. The van der Waals surface area contributed by atoms with Crippen molar-refractivity contribution < 1.29 is 9.90 Å². The van der Waals surface area contributed by atoms with E-state index in [2.05, 4.69) is 0 Å². The third-order valence-corrected chi connectivity index (χ3v) is 1.64. The van der Waals surface area contributed by atoms with E-state index >= 15 is 0 Å². The highest BCUT2D eigenvalue weighted by molar-refractivity contribution is 6.10. The summed E-state index contributed by atoms with van der Waals surface area (Å²) >= 11 is 0.865. The van der Waals surface area contributed by atoms with E-state index in [4.69, 9.17) is 10.8 Å². The van der Waals surface area contributed by atoms with Crippen molar-refractivity contribution in [3.8, 4) is 0 Å². The average molecular weight is 117 g/mol. The van der Waals surface area contributed by atoms with Crippen LogP contribution in [0.2, 0.25) is 5.28 Å². The maximum absolute atomic E-state index is 9.83. The first-order valence-corrected chi connectivity index (χ1v) is 3.58. The van der Waals surface area contributed by atoms with E-state index in [0.29, 0.717) is 5.28 Å². The lowest BCUT2D eigenvalue weighted by Gasteiger charge is -1.97. The number of hydrogen-bond donors (Lipinski definition) is 2. The van der Waals surface area contributed by atoms with Gasteiger partial charge in [0.2, 0.25) is 16.3 Å². The molecule has 0 radical (unpaired) electrons. The first-order valence-electron chi connectivity index (χ1n) is 2.17. The van der Waals surface area contributed by atoms with Crippen molar-refractivity contribution in [2.75, 3.05) is 0 Å². The van der Waals surface area contributed by atoms with Crippen molar-refractivity contribution in [1.82, 2.24) is 0 Å². The molecule has 4 heteroatoms. The fraction of sp³-hybridized carbons (Fsp3) is 0.667. The van der Waals surface area contributed by atoms with Gasteiger partial charge in [0.05, 0.1) is 6.04 Å². The molecule has 0 aliphatic heterocycles. The molecule has 3 nitrogen and oxygen atoms in total. The summed E-state index contributed by atoms with van der Waals surface area (Å²) in [6, 6.07) is -0.619. The van der Waals surface area contributed by atoms with Crippen LogP contribution in [-0.4, -0.2) is 33.4 Å². The summed E-state index contributed by atoms with van der Waals surface area (Å²) in [4.78, 5) is 9.83. The molecule has 0 aliphatic carbocycles. The molecule has 0 aromatic heterocycles. The number of nitrogens with two attached hydrogens (primary N) is 1. The molecule has 0 heterocycles. The molecule has 0 rings (SSSR count). The Labute approximate surface area is 49.9 Å². The van der Waals surface area contributed by atoms with Crippen molar-refractivity contribution in [3.05, 3.63) is 0 Å². The fourth-order valence-corrected chi connectivity index (χ4v) is 0.524. The largest absolute Gasteiger partial charge is 0.480 e. The minimum atomic E-state index is -0.894. The Kier molecular flexibility index (Phi) is 3.01. The van der Waals surface area contributed by atoms with E-state index in [1.165, 1.54) is 0 Å². The molecule has 7 heavy (non-hydrogen) atoms. The van der Waals surface area contributed by atoms with Crippen molar-refractivity contribution in [2.45, 2.75) is 11.3 Å². The highest BCUT2D eigenvalue weighted by Crippen LogP contribution is 1.80. The van der Waals surface area contributed by atoms with Crippen LogP contribution in [0.1, 0.15) is 0 Å². The summed E-state index contributed by atoms with van der Waals surface area (Å²) in [6.07, 6.45) is 0. The summed E-state index contributed by atoms with van der Waals surface area (Å²) in [5, 5.41) is 8.71. The second-order valence-electron chi connectivity index (χ2n) is 1.35. The molecule has 0 fully saturated rings. The molecule has 40 valence electrons. The Morgan fingerprint density at radius 3 is 2.43 bits per heavy atom. The second kappa shape index (κ2) is 3.03. The lowest BCUT2D eigenvalue weighted by molar-refractivity contribution is -0.138. The van der Waals surface area contributed by atoms with Gasteiger partial charge in [0.15, 0.2) is 0 Å². The van der Waals surface area contributed by atoms with Crippen LogP contribution >= 0.6 is 0 Å². The van der Waals surface area contributed by atoms with Crippen molar-refractivity contribution in [3.63, 3.8) is 0 Å². The van der Waals surface area contributed by atoms with Gasteiger partial charge in [-0.2, -0.15) is 0 Å². The average Bonchev–Trinajstić information content (AvgIpc) is 1.65. The fourth-order valence-electron chi connectivity index (χ4n) is 0.175. The van der Waals surface area contributed by atoms with E-state index in [1.54, 1.807) is 0 Å². The number of carbonyl (C=O) groups is 1. The third-order valence-electron chi connectivity index (χ3n) is 0.757.